The molecule has 0 aromatic carbocycles. The Bertz CT molecular complexity index is 1340. The van der Waals surface area contributed by atoms with Crippen LogP contribution in [-0.4, -0.2) is 97.7 Å². The molecular formula is C96H192CaN2O4. The first kappa shape index (κ1) is 107. The zero-order valence-corrected chi connectivity index (χ0v) is 74.4. The van der Waals surface area contributed by atoms with Gasteiger partial charge in [0, 0.05) is 24.0 Å². The molecule has 0 radical (unpaired) electrons. The Morgan fingerprint density at radius 2 is 0.301 bits per heavy atom. The van der Waals surface area contributed by atoms with E-state index in [0.29, 0.717) is 12.1 Å². The van der Waals surface area contributed by atoms with Crippen molar-refractivity contribution in [2.24, 2.45) is 0 Å². The van der Waals surface area contributed by atoms with Gasteiger partial charge >= 0.3 is 37.7 Å². The molecule has 0 fully saturated rings. The van der Waals surface area contributed by atoms with E-state index in [4.69, 9.17) is 0 Å². The maximum absolute atomic E-state index is 10.9. The van der Waals surface area contributed by atoms with Crippen LogP contribution in [0.15, 0.2) is 0 Å². The number of carboxylic acids is 2. The van der Waals surface area contributed by atoms with Gasteiger partial charge in [-0.1, -0.05) is 490 Å². The van der Waals surface area contributed by atoms with Gasteiger partial charge in [0.2, 0.25) is 0 Å². The molecule has 0 saturated heterocycles. The van der Waals surface area contributed by atoms with E-state index in [1.165, 1.54) is 514 Å². The van der Waals surface area contributed by atoms with Crippen molar-refractivity contribution in [1.82, 2.24) is 9.80 Å². The summed E-state index contributed by atoms with van der Waals surface area (Å²) in [5, 5.41) is 21.9. The topological polar surface area (TPSA) is 86.7 Å². The van der Waals surface area contributed by atoms with Crippen LogP contribution in [0.1, 0.15) is 568 Å². The van der Waals surface area contributed by atoms with Gasteiger partial charge in [-0.25, -0.2) is 0 Å². The Hall–Kier alpha value is 0.120. The van der Waals surface area contributed by atoms with Crippen molar-refractivity contribution in [3.63, 3.8) is 0 Å². The van der Waals surface area contributed by atoms with Gasteiger partial charge in [-0.15, -0.1) is 0 Å². The molecule has 2 unspecified atom stereocenters. The summed E-state index contributed by atoms with van der Waals surface area (Å²) in [6.45, 7) is 18.6. The van der Waals surface area contributed by atoms with Crippen LogP contribution in [-0.2, 0) is 9.59 Å². The van der Waals surface area contributed by atoms with Crippen molar-refractivity contribution < 1.29 is 19.8 Å². The van der Waals surface area contributed by atoms with Gasteiger partial charge in [-0.3, -0.25) is 0 Å². The Morgan fingerprint density at radius 3 is 0.408 bits per heavy atom. The predicted octanol–water partition coefficient (Wildman–Crippen LogP) is 30.5. The van der Waals surface area contributed by atoms with Gasteiger partial charge in [0.25, 0.3) is 0 Å². The summed E-state index contributed by atoms with van der Waals surface area (Å²) in [6, 6.07) is 0.964. The maximum Gasteiger partial charge on any atom is 2.00 e. The Kier molecular flexibility index (Phi) is 100. The molecule has 103 heavy (non-hydrogen) atoms. The average Bonchev–Trinajstić information content (AvgIpc) is 1.11. The molecular weight excluding hydrogens is 1290 g/mol. The van der Waals surface area contributed by atoms with Crippen molar-refractivity contribution in [3.05, 3.63) is 0 Å². The van der Waals surface area contributed by atoms with Crippen molar-refractivity contribution in [2.45, 2.75) is 580 Å². The van der Waals surface area contributed by atoms with Crippen LogP contribution in [0.4, 0.5) is 0 Å². The third-order valence-corrected chi connectivity index (χ3v) is 23.4. The van der Waals surface area contributed by atoms with Crippen LogP contribution in [0, 0.1) is 0 Å². The molecule has 0 aromatic heterocycles. The molecule has 0 amide bonds. The number of hydrogen-bond donors (Lipinski definition) is 0. The zero-order chi connectivity index (χ0) is 74.3. The third kappa shape index (κ3) is 94.4. The number of carbonyl (C=O) groups is 2. The number of unbranched alkanes of at least 4 members (excludes halogenated alkanes) is 72. The number of hydrogen-bond acceptors (Lipinski definition) is 6. The molecule has 0 N–H and O–H groups in total. The standard InChI is InChI=1S/2C48H97NO2.Ca/c2*1-4-6-8-10-12-14-16-18-20-22-24-26-28-30-32-34-36-38-40-45-49(47(3)43-42-44-48(50)51)46-41-39-37-35-33-31-29-27-25-23-21-19-17-15-13-11-9-7-5-2;/h2*47H,4-46H2,1-3H3,(H,50,51);/q;;+2/p-2. The molecule has 0 heterocycles. The second kappa shape index (κ2) is 96.3. The molecule has 0 saturated carbocycles. The third-order valence-electron chi connectivity index (χ3n) is 23.4. The van der Waals surface area contributed by atoms with Gasteiger partial charge < -0.3 is 29.6 Å². The molecule has 612 valence electrons. The average molecular weight is 1480 g/mol. The summed E-state index contributed by atoms with van der Waals surface area (Å²) in [6.07, 6.45) is 112. The Balaban J connectivity index is -0.00000192. The van der Waals surface area contributed by atoms with Crippen molar-refractivity contribution in [1.29, 1.82) is 0 Å². The fourth-order valence-corrected chi connectivity index (χ4v) is 16.1. The second-order valence-electron chi connectivity index (χ2n) is 33.8. The summed E-state index contributed by atoms with van der Waals surface area (Å²) >= 11 is 0. The number of aliphatic carboxylic acids is 2. The predicted molar refractivity (Wildman–Crippen MR) is 459 cm³/mol. The quantitative estimate of drug-likeness (QED) is 0.0445. The van der Waals surface area contributed by atoms with Crippen LogP contribution in [0.3, 0.4) is 0 Å². The van der Waals surface area contributed by atoms with Gasteiger partial charge in [0.15, 0.2) is 0 Å². The molecule has 0 rings (SSSR count). The van der Waals surface area contributed by atoms with Crippen molar-refractivity contribution in [3.8, 4) is 0 Å². The van der Waals surface area contributed by atoms with E-state index in [1.807, 2.05) is 0 Å². The van der Waals surface area contributed by atoms with Gasteiger partial charge in [0.05, 0.1) is 0 Å². The largest absolute Gasteiger partial charge is 2.00 e. The van der Waals surface area contributed by atoms with E-state index in [0.717, 1.165) is 25.7 Å². The maximum atomic E-state index is 10.9. The number of carbonyl (C=O) groups excluding carboxylic acids is 2. The van der Waals surface area contributed by atoms with E-state index in [-0.39, 0.29) is 50.6 Å². The number of rotatable bonds is 90. The first-order valence-electron chi connectivity index (χ1n) is 48.1. The molecule has 0 aliphatic carbocycles. The Labute approximate surface area is 680 Å². The van der Waals surface area contributed by atoms with E-state index < -0.39 is 11.9 Å². The van der Waals surface area contributed by atoms with Crippen molar-refractivity contribution in [2.75, 3.05) is 26.2 Å². The normalized spacial score (nSPS) is 12.2. The summed E-state index contributed by atoms with van der Waals surface area (Å²) in [5.74, 6) is -1.79. The van der Waals surface area contributed by atoms with E-state index in [2.05, 4.69) is 51.3 Å². The van der Waals surface area contributed by atoms with Crippen LogP contribution in [0.5, 0.6) is 0 Å². The molecule has 0 bridgehead atoms. The van der Waals surface area contributed by atoms with E-state index in [9.17, 15) is 19.8 Å². The second-order valence-corrected chi connectivity index (χ2v) is 33.8. The van der Waals surface area contributed by atoms with Crippen molar-refractivity contribution >= 4 is 49.7 Å². The fraction of sp³-hybridized carbons (Fsp3) is 0.979. The summed E-state index contributed by atoms with van der Waals surface area (Å²) in [5.41, 5.74) is 0. The van der Waals surface area contributed by atoms with Gasteiger partial charge in [-0.05, 0) is 104 Å². The van der Waals surface area contributed by atoms with Crippen LogP contribution >= 0.6 is 0 Å². The van der Waals surface area contributed by atoms with Crippen LogP contribution in [0.25, 0.3) is 0 Å². The first-order chi connectivity index (χ1) is 50.2. The van der Waals surface area contributed by atoms with Gasteiger partial charge in [-0.2, -0.15) is 0 Å². The smallest absolute Gasteiger partial charge is 0.550 e. The molecule has 7 heteroatoms. The molecule has 2 atom stereocenters. The van der Waals surface area contributed by atoms with Crippen LogP contribution < -0.4 is 10.2 Å². The number of nitrogens with zero attached hydrogens (tertiary/aromatic N) is 2. The summed E-state index contributed by atoms with van der Waals surface area (Å²) < 4.78 is 0. The molecule has 0 aliphatic rings. The zero-order valence-electron chi connectivity index (χ0n) is 72.2. The molecule has 0 spiro atoms. The SMILES string of the molecule is CCCCCCCCCCCCCCCCCCCCCN(CCCCCCCCCCCCCCCCCCCCC)C(C)CCCC(=O)[O-].CCCCCCCCCCCCCCCCCCCCCN(CCCCCCCCCCCCCCCCCCCCC)C(C)CCCC(=O)[O-].[Ca+2]. The molecule has 0 aliphatic heterocycles. The fourth-order valence-electron chi connectivity index (χ4n) is 16.1. The van der Waals surface area contributed by atoms with E-state index in [1.54, 1.807) is 0 Å². The monoisotopic (exact) mass is 1480 g/mol. The first-order valence-corrected chi connectivity index (χ1v) is 48.1. The number of carboxylic acid groups (broad SMARTS) is 2. The molecule has 6 nitrogen and oxygen atoms in total. The molecule has 0 aromatic rings. The Morgan fingerprint density at radius 1 is 0.194 bits per heavy atom. The minimum atomic E-state index is -0.897. The van der Waals surface area contributed by atoms with E-state index >= 15 is 0 Å². The summed E-state index contributed by atoms with van der Waals surface area (Å²) in [4.78, 5) is 27.2. The minimum Gasteiger partial charge on any atom is -0.550 e. The summed E-state index contributed by atoms with van der Waals surface area (Å²) in [7, 11) is 0. The van der Waals surface area contributed by atoms with Gasteiger partial charge in [0.1, 0.15) is 0 Å². The minimum absolute atomic E-state index is 0. The van der Waals surface area contributed by atoms with Crippen LogP contribution in [0.2, 0.25) is 0 Å².